The van der Waals surface area contributed by atoms with Crippen LogP contribution in [0.1, 0.15) is 16.7 Å². The highest BCUT2D eigenvalue weighted by Crippen LogP contribution is 2.36. The molecule has 0 heterocycles. The number of halogens is 6. The molecule has 0 aliphatic carbocycles. The molecule has 3 aromatic rings. The Morgan fingerprint density at radius 3 is 1.90 bits per heavy atom. The molecule has 0 aromatic heterocycles. The number of rotatable bonds is 4. The summed E-state index contributed by atoms with van der Waals surface area (Å²) in [6, 6.07) is 12.0. The molecule has 0 fully saturated rings. The lowest BCUT2D eigenvalue weighted by Crippen LogP contribution is -2.24. The van der Waals surface area contributed by atoms with E-state index in [1.807, 2.05) is 0 Å². The molecule has 1 N–H and O–H groups in total. The normalized spacial score (nSPS) is 13.0. The molecule has 0 atom stereocenters. The van der Waals surface area contributed by atoms with Crippen molar-refractivity contribution in [1.29, 1.82) is 0 Å². The Kier molecular flexibility index (Phi) is 5.35. The fraction of sp³-hybridized carbons (Fsp3) is 0.158. The zero-order chi connectivity index (χ0) is 21.4. The second kappa shape index (κ2) is 7.34. The highest BCUT2D eigenvalue weighted by Gasteiger charge is 2.37. The van der Waals surface area contributed by atoms with Crippen molar-refractivity contribution in [1.82, 2.24) is 4.72 Å². The van der Waals surface area contributed by atoms with Crippen LogP contribution >= 0.6 is 0 Å². The summed E-state index contributed by atoms with van der Waals surface area (Å²) in [6.07, 6.45) is -10.0. The van der Waals surface area contributed by atoms with Gasteiger partial charge in [-0.25, -0.2) is 13.1 Å². The number of sulfonamides is 1. The van der Waals surface area contributed by atoms with Gasteiger partial charge in [0.05, 0.1) is 16.0 Å². The largest absolute Gasteiger partial charge is 0.416 e. The van der Waals surface area contributed by atoms with Gasteiger partial charge in [0.2, 0.25) is 10.0 Å². The number of nitrogens with one attached hydrogen (secondary N) is 1. The predicted octanol–water partition coefficient (Wildman–Crippen LogP) is 5.36. The minimum Gasteiger partial charge on any atom is -0.207 e. The van der Waals surface area contributed by atoms with E-state index in [1.165, 1.54) is 12.1 Å². The molecule has 3 rings (SSSR count). The second-order valence-electron chi connectivity index (χ2n) is 6.22. The van der Waals surface area contributed by atoms with Gasteiger partial charge in [-0.3, -0.25) is 0 Å². The van der Waals surface area contributed by atoms with E-state index < -0.39 is 45.6 Å². The first-order chi connectivity index (χ1) is 13.4. The third-order valence-corrected chi connectivity index (χ3v) is 5.61. The summed E-state index contributed by atoms with van der Waals surface area (Å²) in [5, 5.41) is 0.997. The van der Waals surface area contributed by atoms with Gasteiger partial charge in [-0.2, -0.15) is 26.3 Å². The van der Waals surface area contributed by atoms with Crippen molar-refractivity contribution in [2.24, 2.45) is 0 Å². The maximum Gasteiger partial charge on any atom is 0.416 e. The van der Waals surface area contributed by atoms with Crippen LogP contribution in [0.4, 0.5) is 26.3 Å². The Bertz CT molecular complexity index is 1120. The monoisotopic (exact) mass is 433 g/mol. The Morgan fingerprint density at radius 2 is 1.31 bits per heavy atom. The summed E-state index contributed by atoms with van der Waals surface area (Å²) in [5.74, 6) is 0. The molecule has 10 heteroatoms. The lowest BCUT2D eigenvalue weighted by molar-refractivity contribution is -0.143. The van der Waals surface area contributed by atoms with Gasteiger partial charge >= 0.3 is 12.4 Å². The first-order valence-corrected chi connectivity index (χ1v) is 9.62. The van der Waals surface area contributed by atoms with Crippen molar-refractivity contribution in [2.75, 3.05) is 0 Å². The molecule has 0 radical (unpaired) electrons. The fourth-order valence-electron chi connectivity index (χ4n) is 2.81. The number of fused-ring (bicyclic) bond motifs is 1. The molecular weight excluding hydrogens is 420 g/mol. The van der Waals surface area contributed by atoms with E-state index in [-0.39, 0.29) is 11.0 Å². The molecular formula is C19H13F6NO2S. The zero-order valence-corrected chi connectivity index (χ0v) is 15.3. The topological polar surface area (TPSA) is 46.2 Å². The van der Waals surface area contributed by atoms with E-state index in [2.05, 4.69) is 4.72 Å². The van der Waals surface area contributed by atoms with Crippen LogP contribution in [0.25, 0.3) is 10.8 Å². The summed E-state index contributed by atoms with van der Waals surface area (Å²) in [6.45, 7) is -0.738. The fourth-order valence-corrected chi connectivity index (χ4v) is 4.05. The van der Waals surface area contributed by atoms with E-state index >= 15 is 0 Å². The van der Waals surface area contributed by atoms with Crippen LogP contribution in [0.5, 0.6) is 0 Å². The van der Waals surface area contributed by atoms with Crippen LogP contribution in [0.3, 0.4) is 0 Å². The summed E-state index contributed by atoms with van der Waals surface area (Å²) in [7, 11) is -4.19. The summed E-state index contributed by atoms with van der Waals surface area (Å²) in [5.41, 5.74) is -3.48. The maximum atomic E-state index is 12.9. The van der Waals surface area contributed by atoms with Gasteiger partial charge in [0.15, 0.2) is 0 Å². The van der Waals surface area contributed by atoms with Gasteiger partial charge in [0.1, 0.15) is 0 Å². The van der Waals surface area contributed by atoms with E-state index in [1.54, 1.807) is 30.3 Å². The average molecular weight is 433 g/mol. The van der Waals surface area contributed by atoms with Crippen molar-refractivity contribution in [3.05, 3.63) is 77.4 Å². The smallest absolute Gasteiger partial charge is 0.207 e. The first kappa shape index (κ1) is 21.1. The molecule has 0 aliphatic heterocycles. The second-order valence-corrected chi connectivity index (χ2v) is 7.95. The third-order valence-electron chi connectivity index (χ3n) is 4.15. The van der Waals surface area contributed by atoms with Crippen molar-refractivity contribution < 1.29 is 34.8 Å². The number of hydrogen-bond acceptors (Lipinski definition) is 2. The van der Waals surface area contributed by atoms with Gasteiger partial charge in [0.25, 0.3) is 0 Å². The molecule has 0 bridgehead atoms. The van der Waals surface area contributed by atoms with Crippen molar-refractivity contribution in [3.63, 3.8) is 0 Å². The molecule has 3 aromatic carbocycles. The van der Waals surface area contributed by atoms with Crippen LogP contribution in [0.15, 0.2) is 65.6 Å². The van der Waals surface area contributed by atoms with E-state index in [0.717, 1.165) is 0 Å². The standard InChI is InChI=1S/C19H13F6NO2S/c20-18(21,22)14-8-12(9-15(10-14)19(23,24)25)11-26-29(27,28)17-7-3-5-13-4-1-2-6-16(13)17/h1-10,26H,11H2. The molecule has 0 aliphatic rings. The molecule has 0 saturated heterocycles. The Balaban J connectivity index is 1.96. The average Bonchev–Trinajstić information content (AvgIpc) is 2.64. The molecule has 3 nitrogen and oxygen atoms in total. The Labute approximate surface area is 162 Å². The highest BCUT2D eigenvalue weighted by molar-refractivity contribution is 7.89. The van der Waals surface area contributed by atoms with E-state index in [0.29, 0.717) is 22.9 Å². The van der Waals surface area contributed by atoms with Gasteiger partial charge in [-0.1, -0.05) is 36.4 Å². The summed E-state index contributed by atoms with van der Waals surface area (Å²) in [4.78, 5) is -0.126. The number of alkyl halides is 6. The maximum absolute atomic E-state index is 12.9. The van der Waals surface area contributed by atoms with Gasteiger partial charge < -0.3 is 0 Å². The molecule has 0 saturated carbocycles. The Morgan fingerprint density at radius 1 is 0.759 bits per heavy atom. The van der Waals surface area contributed by atoms with Crippen LogP contribution in [0, 0.1) is 0 Å². The number of benzene rings is 3. The quantitative estimate of drug-likeness (QED) is 0.564. The van der Waals surface area contributed by atoms with Gasteiger partial charge in [0, 0.05) is 11.9 Å². The third kappa shape index (κ3) is 4.70. The van der Waals surface area contributed by atoms with Crippen molar-refractivity contribution in [2.45, 2.75) is 23.8 Å². The number of hydrogen-bond donors (Lipinski definition) is 1. The molecule has 29 heavy (non-hydrogen) atoms. The Hall–Kier alpha value is -2.59. The van der Waals surface area contributed by atoms with Crippen molar-refractivity contribution >= 4 is 20.8 Å². The van der Waals surface area contributed by atoms with Crippen LogP contribution in [-0.4, -0.2) is 8.42 Å². The lowest BCUT2D eigenvalue weighted by atomic mass is 10.0. The predicted molar refractivity (Wildman–Crippen MR) is 94.4 cm³/mol. The zero-order valence-electron chi connectivity index (χ0n) is 14.5. The molecule has 0 unspecified atom stereocenters. The van der Waals surface area contributed by atoms with Crippen LogP contribution < -0.4 is 4.72 Å². The molecule has 154 valence electrons. The lowest BCUT2D eigenvalue weighted by Gasteiger charge is -2.15. The van der Waals surface area contributed by atoms with Crippen LogP contribution in [-0.2, 0) is 28.9 Å². The SMILES string of the molecule is O=S(=O)(NCc1cc(C(F)(F)F)cc(C(F)(F)F)c1)c1cccc2ccccc12. The van der Waals surface area contributed by atoms with Crippen molar-refractivity contribution in [3.8, 4) is 0 Å². The molecule has 0 spiro atoms. The minimum absolute atomic E-state index is 0.0112. The van der Waals surface area contributed by atoms with Gasteiger partial charge in [-0.05, 0) is 35.2 Å². The first-order valence-electron chi connectivity index (χ1n) is 8.14. The van der Waals surface area contributed by atoms with E-state index in [4.69, 9.17) is 0 Å². The van der Waals surface area contributed by atoms with Crippen LogP contribution in [0.2, 0.25) is 0 Å². The van der Waals surface area contributed by atoms with Gasteiger partial charge in [-0.15, -0.1) is 0 Å². The highest BCUT2D eigenvalue weighted by atomic mass is 32.2. The summed E-state index contributed by atoms with van der Waals surface area (Å²) < 4.78 is 105. The summed E-state index contributed by atoms with van der Waals surface area (Å²) >= 11 is 0. The minimum atomic E-state index is -5.01. The van der Waals surface area contributed by atoms with E-state index in [9.17, 15) is 34.8 Å². The molecule has 0 amide bonds.